The lowest BCUT2D eigenvalue weighted by Crippen LogP contribution is -2.40. The fourth-order valence-corrected chi connectivity index (χ4v) is 3.06. The van der Waals surface area contributed by atoms with Crippen molar-refractivity contribution in [2.45, 2.75) is 42.1 Å². The monoisotopic (exact) mass is 344 g/mol. The number of hydrogen-bond donors (Lipinski definition) is 3. The van der Waals surface area contributed by atoms with Gasteiger partial charge in [-0.2, -0.15) is 0 Å². The second-order valence-corrected chi connectivity index (χ2v) is 6.80. The molecule has 1 atom stereocenters. The highest BCUT2D eigenvalue weighted by Gasteiger charge is 2.06. The van der Waals surface area contributed by atoms with Crippen LogP contribution < -0.4 is 10.6 Å². The molecule has 0 aliphatic rings. The van der Waals surface area contributed by atoms with Gasteiger partial charge in [0.25, 0.3) is 0 Å². The molecule has 1 unspecified atom stereocenters. The van der Waals surface area contributed by atoms with Crippen molar-refractivity contribution in [1.82, 2.24) is 10.6 Å². The molecule has 2 rings (SSSR count). The number of aliphatic hydroxyl groups is 1. The Hall–Kier alpha value is -1.98. The summed E-state index contributed by atoms with van der Waals surface area (Å²) in [6.07, 6.45) is 1.47. The minimum atomic E-state index is -0.178. The van der Waals surface area contributed by atoms with Gasteiger partial charge >= 0.3 is 6.03 Å². The second-order valence-electron chi connectivity index (χ2n) is 5.65. The molecule has 2 aromatic rings. The molecule has 5 heteroatoms. The van der Waals surface area contributed by atoms with Crippen LogP contribution in [-0.2, 0) is 6.54 Å². The van der Waals surface area contributed by atoms with Crippen LogP contribution in [0.2, 0.25) is 0 Å². The van der Waals surface area contributed by atoms with Gasteiger partial charge in [-0.3, -0.25) is 0 Å². The number of carbonyl (C=O) groups is 1. The van der Waals surface area contributed by atoms with E-state index >= 15 is 0 Å². The predicted molar refractivity (Wildman–Crippen MR) is 98.2 cm³/mol. The molecule has 0 spiro atoms. The molecule has 24 heavy (non-hydrogen) atoms. The van der Waals surface area contributed by atoms with Gasteiger partial charge in [0.1, 0.15) is 0 Å². The Morgan fingerprint density at radius 1 is 1.08 bits per heavy atom. The van der Waals surface area contributed by atoms with E-state index < -0.39 is 0 Å². The van der Waals surface area contributed by atoms with Crippen LogP contribution >= 0.6 is 11.8 Å². The second kappa shape index (κ2) is 10.0. The molecule has 128 valence electrons. The molecule has 0 radical (unpaired) electrons. The van der Waals surface area contributed by atoms with Gasteiger partial charge in [-0.1, -0.05) is 42.1 Å². The third-order valence-electron chi connectivity index (χ3n) is 3.53. The molecular weight excluding hydrogens is 320 g/mol. The van der Waals surface area contributed by atoms with Crippen molar-refractivity contribution < 1.29 is 9.90 Å². The molecular formula is C19H24N2O2S. The van der Waals surface area contributed by atoms with Crippen LogP contribution in [-0.4, -0.2) is 23.8 Å². The zero-order valence-electron chi connectivity index (χ0n) is 13.9. The average molecular weight is 344 g/mol. The van der Waals surface area contributed by atoms with Crippen molar-refractivity contribution in [3.8, 4) is 0 Å². The van der Waals surface area contributed by atoms with E-state index in [1.165, 1.54) is 9.79 Å². The van der Waals surface area contributed by atoms with Gasteiger partial charge in [-0.05, 0) is 49.6 Å². The van der Waals surface area contributed by atoms with E-state index in [4.69, 9.17) is 5.11 Å². The zero-order chi connectivity index (χ0) is 17.2. The molecule has 0 aliphatic carbocycles. The highest BCUT2D eigenvalue weighted by atomic mass is 32.2. The standard InChI is InChI=1S/C19H24N2O2S/c1-15(6-5-13-22)21-19(23)20-14-16-9-11-18(12-10-16)24-17-7-3-2-4-8-17/h2-4,7-12,15,22H,5-6,13-14H2,1H3,(H2,20,21,23). The predicted octanol–water partition coefficient (Wildman–Crippen LogP) is 3.80. The first kappa shape index (κ1) is 18.4. The third kappa shape index (κ3) is 6.64. The number of aliphatic hydroxyl groups excluding tert-OH is 1. The van der Waals surface area contributed by atoms with Crippen LogP contribution in [0.3, 0.4) is 0 Å². The Morgan fingerprint density at radius 3 is 2.42 bits per heavy atom. The van der Waals surface area contributed by atoms with Gasteiger partial charge < -0.3 is 15.7 Å². The maximum atomic E-state index is 11.8. The van der Waals surface area contributed by atoms with Gasteiger partial charge in [-0.15, -0.1) is 0 Å². The Balaban J connectivity index is 1.76. The number of rotatable bonds is 8. The van der Waals surface area contributed by atoms with Gasteiger partial charge in [0.2, 0.25) is 0 Å². The largest absolute Gasteiger partial charge is 0.396 e. The third-order valence-corrected chi connectivity index (χ3v) is 4.54. The average Bonchev–Trinajstić information content (AvgIpc) is 2.60. The minimum absolute atomic E-state index is 0.0572. The molecule has 2 amide bonds. The van der Waals surface area contributed by atoms with E-state index in [9.17, 15) is 4.79 Å². The summed E-state index contributed by atoms with van der Waals surface area (Å²) in [5.41, 5.74) is 1.06. The Bertz CT molecular complexity index is 617. The number of hydrogen-bond acceptors (Lipinski definition) is 3. The molecule has 0 aliphatic heterocycles. The molecule has 3 N–H and O–H groups in total. The van der Waals surface area contributed by atoms with E-state index in [2.05, 4.69) is 34.9 Å². The van der Waals surface area contributed by atoms with Crippen LogP contribution in [0.15, 0.2) is 64.4 Å². The minimum Gasteiger partial charge on any atom is -0.396 e. The van der Waals surface area contributed by atoms with Gasteiger partial charge in [-0.25, -0.2) is 4.79 Å². The fourth-order valence-electron chi connectivity index (χ4n) is 2.23. The highest BCUT2D eigenvalue weighted by Crippen LogP contribution is 2.27. The Labute approximate surface area is 147 Å². The molecule has 0 heterocycles. The normalized spacial score (nSPS) is 11.8. The van der Waals surface area contributed by atoms with Crippen LogP contribution in [0.1, 0.15) is 25.3 Å². The fraction of sp³-hybridized carbons (Fsp3) is 0.316. The number of benzene rings is 2. The van der Waals surface area contributed by atoms with Crippen molar-refractivity contribution in [2.75, 3.05) is 6.61 Å². The summed E-state index contributed by atoms with van der Waals surface area (Å²) in [6, 6.07) is 18.3. The smallest absolute Gasteiger partial charge is 0.315 e. The summed E-state index contributed by atoms with van der Waals surface area (Å²) in [5, 5.41) is 14.5. The first-order valence-electron chi connectivity index (χ1n) is 8.14. The van der Waals surface area contributed by atoms with Gasteiger partial charge in [0.15, 0.2) is 0 Å². The van der Waals surface area contributed by atoms with E-state index in [0.717, 1.165) is 12.0 Å². The van der Waals surface area contributed by atoms with Crippen LogP contribution in [0.5, 0.6) is 0 Å². The van der Waals surface area contributed by atoms with Crippen molar-refractivity contribution in [3.05, 3.63) is 60.2 Å². The highest BCUT2D eigenvalue weighted by molar-refractivity contribution is 7.99. The quantitative estimate of drug-likeness (QED) is 0.683. The van der Waals surface area contributed by atoms with Crippen LogP contribution in [0, 0.1) is 0 Å². The summed E-state index contributed by atoms with van der Waals surface area (Å²) in [4.78, 5) is 14.2. The van der Waals surface area contributed by atoms with Crippen molar-refractivity contribution in [2.24, 2.45) is 0 Å². The lowest BCUT2D eigenvalue weighted by molar-refractivity contribution is 0.234. The number of nitrogens with one attached hydrogen (secondary N) is 2. The lowest BCUT2D eigenvalue weighted by Gasteiger charge is -2.14. The molecule has 0 aromatic heterocycles. The van der Waals surface area contributed by atoms with Gasteiger partial charge in [0, 0.05) is 29.0 Å². The molecule has 2 aromatic carbocycles. The maximum absolute atomic E-state index is 11.8. The molecule has 4 nitrogen and oxygen atoms in total. The zero-order valence-corrected chi connectivity index (χ0v) is 14.7. The number of carbonyl (C=O) groups excluding carboxylic acids is 1. The molecule has 0 saturated carbocycles. The van der Waals surface area contributed by atoms with Crippen LogP contribution in [0.4, 0.5) is 4.79 Å². The maximum Gasteiger partial charge on any atom is 0.315 e. The Kier molecular flexibility index (Phi) is 7.65. The van der Waals surface area contributed by atoms with E-state index in [-0.39, 0.29) is 18.7 Å². The summed E-state index contributed by atoms with van der Waals surface area (Å²) < 4.78 is 0. The van der Waals surface area contributed by atoms with E-state index in [0.29, 0.717) is 13.0 Å². The van der Waals surface area contributed by atoms with Crippen molar-refractivity contribution >= 4 is 17.8 Å². The summed E-state index contributed by atoms with van der Waals surface area (Å²) in [7, 11) is 0. The van der Waals surface area contributed by atoms with Crippen LogP contribution in [0.25, 0.3) is 0 Å². The topological polar surface area (TPSA) is 61.4 Å². The number of amides is 2. The molecule has 0 fully saturated rings. The Morgan fingerprint density at radius 2 is 1.75 bits per heavy atom. The van der Waals surface area contributed by atoms with Gasteiger partial charge in [0.05, 0.1) is 0 Å². The lowest BCUT2D eigenvalue weighted by atomic mass is 10.2. The first-order chi connectivity index (χ1) is 11.7. The van der Waals surface area contributed by atoms with Crippen molar-refractivity contribution in [3.63, 3.8) is 0 Å². The number of urea groups is 1. The SMILES string of the molecule is CC(CCCO)NC(=O)NCc1ccc(Sc2ccccc2)cc1. The molecule has 0 bridgehead atoms. The summed E-state index contributed by atoms with van der Waals surface area (Å²) in [5.74, 6) is 0. The van der Waals surface area contributed by atoms with E-state index in [1.54, 1.807) is 11.8 Å². The summed E-state index contributed by atoms with van der Waals surface area (Å²) in [6.45, 7) is 2.58. The summed E-state index contributed by atoms with van der Waals surface area (Å²) >= 11 is 1.72. The van der Waals surface area contributed by atoms with Crippen molar-refractivity contribution in [1.29, 1.82) is 0 Å². The van der Waals surface area contributed by atoms with E-state index in [1.807, 2.05) is 37.3 Å². The molecule has 0 saturated heterocycles. The first-order valence-corrected chi connectivity index (χ1v) is 8.96.